The summed E-state index contributed by atoms with van der Waals surface area (Å²) in [4.78, 5) is 13.3. The van der Waals surface area contributed by atoms with Crippen molar-refractivity contribution in [3.63, 3.8) is 0 Å². The first-order valence-corrected chi connectivity index (χ1v) is 5.83. The molecule has 1 aromatic carbocycles. The van der Waals surface area contributed by atoms with Gasteiger partial charge in [-0.25, -0.2) is 8.78 Å². The minimum absolute atomic E-state index is 0.0446. The maximum Gasteiger partial charge on any atom is 0.238 e. The van der Waals surface area contributed by atoms with Crippen LogP contribution in [0.1, 0.15) is 13.8 Å². The second kappa shape index (κ2) is 6.08. The van der Waals surface area contributed by atoms with Crippen LogP contribution in [0.2, 0.25) is 0 Å². The third-order valence-corrected chi connectivity index (χ3v) is 2.27. The second-order valence-corrected chi connectivity index (χ2v) is 5.16. The summed E-state index contributed by atoms with van der Waals surface area (Å²) >= 11 is 0. The summed E-state index contributed by atoms with van der Waals surface area (Å²) in [5.74, 6) is -2.34. The van der Waals surface area contributed by atoms with Crippen LogP contribution >= 0.6 is 0 Å². The second-order valence-electron chi connectivity index (χ2n) is 5.16. The Labute approximate surface area is 111 Å². The molecule has 0 fully saturated rings. The summed E-state index contributed by atoms with van der Waals surface area (Å²) in [7, 11) is 1.68. The number of anilines is 1. The summed E-state index contributed by atoms with van der Waals surface area (Å²) < 4.78 is 25.7. The molecule has 4 nitrogen and oxygen atoms in total. The molecule has 0 bridgehead atoms. The number of nitrogens with one attached hydrogen (secondary N) is 1. The molecule has 19 heavy (non-hydrogen) atoms. The molecule has 0 saturated carbocycles. The van der Waals surface area contributed by atoms with Gasteiger partial charge in [0.05, 0.1) is 12.1 Å². The highest BCUT2D eigenvalue weighted by atomic mass is 19.2. The van der Waals surface area contributed by atoms with E-state index in [4.69, 9.17) is 0 Å². The molecule has 0 aromatic heterocycles. The molecule has 0 aliphatic rings. The molecule has 106 valence electrons. The topological polar surface area (TPSA) is 52.6 Å². The van der Waals surface area contributed by atoms with Gasteiger partial charge in [-0.2, -0.15) is 0 Å². The Kier molecular flexibility index (Phi) is 4.97. The van der Waals surface area contributed by atoms with Crippen LogP contribution < -0.4 is 5.32 Å². The van der Waals surface area contributed by atoms with Crippen LogP contribution in [0.4, 0.5) is 14.5 Å². The number of hydrogen-bond acceptors (Lipinski definition) is 3. The molecule has 0 radical (unpaired) electrons. The standard InChI is InChI=1S/C13H18F2N2O2/c1-13(2,19)8-17(3)7-12(18)16-9-4-5-10(14)11(15)6-9/h4-6,19H,7-8H2,1-3H3,(H,16,18). The van der Waals surface area contributed by atoms with Crippen LogP contribution in [-0.4, -0.2) is 41.7 Å². The van der Waals surface area contributed by atoms with Gasteiger partial charge >= 0.3 is 0 Å². The van der Waals surface area contributed by atoms with Crippen LogP contribution in [0.5, 0.6) is 0 Å². The van der Waals surface area contributed by atoms with E-state index in [-0.39, 0.29) is 18.1 Å². The Morgan fingerprint density at radius 1 is 1.37 bits per heavy atom. The maximum atomic E-state index is 12.9. The van der Waals surface area contributed by atoms with Crippen molar-refractivity contribution in [1.29, 1.82) is 0 Å². The number of halogens is 2. The summed E-state index contributed by atoms with van der Waals surface area (Å²) in [6.45, 7) is 3.63. The number of rotatable bonds is 5. The van der Waals surface area contributed by atoms with E-state index in [0.29, 0.717) is 6.54 Å². The van der Waals surface area contributed by atoms with Gasteiger partial charge in [0.1, 0.15) is 0 Å². The number of aliphatic hydroxyl groups is 1. The predicted molar refractivity (Wildman–Crippen MR) is 68.8 cm³/mol. The number of nitrogens with zero attached hydrogens (tertiary/aromatic N) is 1. The quantitative estimate of drug-likeness (QED) is 0.856. The smallest absolute Gasteiger partial charge is 0.238 e. The zero-order valence-electron chi connectivity index (χ0n) is 11.2. The molecule has 0 aliphatic carbocycles. The van der Waals surface area contributed by atoms with Crippen molar-refractivity contribution in [2.45, 2.75) is 19.4 Å². The minimum Gasteiger partial charge on any atom is -0.389 e. The highest BCUT2D eigenvalue weighted by molar-refractivity contribution is 5.92. The largest absolute Gasteiger partial charge is 0.389 e. The van der Waals surface area contributed by atoms with E-state index >= 15 is 0 Å². The zero-order chi connectivity index (χ0) is 14.6. The van der Waals surface area contributed by atoms with Crippen LogP contribution in [0.15, 0.2) is 18.2 Å². The average Bonchev–Trinajstić information content (AvgIpc) is 2.20. The van der Waals surface area contributed by atoms with Gasteiger partial charge in [-0.15, -0.1) is 0 Å². The van der Waals surface area contributed by atoms with Crippen molar-refractivity contribution < 1.29 is 18.7 Å². The van der Waals surface area contributed by atoms with Gasteiger partial charge in [0.25, 0.3) is 0 Å². The molecule has 0 aliphatic heterocycles. The first kappa shape index (κ1) is 15.5. The van der Waals surface area contributed by atoms with Crippen molar-refractivity contribution in [3.05, 3.63) is 29.8 Å². The monoisotopic (exact) mass is 272 g/mol. The van der Waals surface area contributed by atoms with E-state index in [1.165, 1.54) is 6.07 Å². The summed E-state index contributed by atoms with van der Waals surface area (Å²) in [6, 6.07) is 3.15. The molecule has 1 amide bonds. The van der Waals surface area contributed by atoms with Crippen molar-refractivity contribution in [2.75, 3.05) is 25.5 Å². The van der Waals surface area contributed by atoms with Gasteiger partial charge in [0.15, 0.2) is 11.6 Å². The molecule has 1 aromatic rings. The normalized spacial score (nSPS) is 11.7. The van der Waals surface area contributed by atoms with Crippen molar-refractivity contribution >= 4 is 11.6 Å². The molecule has 0 spiro atoms. The zero-order valence-corrected chi connectivity index (χ0v) is 11.2. The molecular weight excluding hydrogens is 254 g/mol. The third-order valence-electron chi connectivity index (χ3n) is 2.27. The Morgan fingerprint density at radius 2 is 2.00 bits per heavy atom. The number of hydrogen-bond donors (Lipinski definition) is 2. The van der Waals surface area contributed by atoms with E-state index in [2.05, 4.69) is 5.32 Å². The van der Waals surface area contributed by atoms with Gasteiger partial charge in [0.2, 0.25) is 5.91 Å². The molecule has 0 unspecified atom stereocenters. The molecule has 0 heterocycles. The van der Waals surface area contributed by atoms with Crippen molar-refractivity contribution in [2.24, 2.45) is 0 Å². The average molecular weight is 272 g/mol. The Bertz CT molecular complexity index is 458. The Hall–Kier alpha value is -1.53. The number of carbonyl (C=O) groups excluding carboxylic acids is 1. The van der Waals surface area contributed by atoms with Gasteiger partial charge in [-0.1, -0.05) is 0 Å². The molecular formula is C13H18F2N2O2. The number of amides is 1. The maximum absolute atomic E-state index is 12.9. The molecule has 1 rings (SSSR count). The van der Waals surface area contributed by atoms with Crippen LogP contribution in [0.25, 0.3) is 0 Å². The van der Waals surface area contributed by atoms with Gasteiger partial charge in [0, 0.05) is 18.3 Å². The summed E-state index contributed by atoms with van der Waals surface area (Å²) in [5.41, 5.74) is -0.711. The SMILES string of the molecule is CN(CC(=O)Nc1ccc(F)c(F)c1)CC(C)(C)O. The minimum atomic E-state index is -1.01. The van der Waals surface area contributed by atoms with E-state index in [9.17, 15) is 18.7 Å². The molecule has 2 N–H and O–H groups in total. The fourth-order valence-electron chi connectivity index (χ4n) is 1.74. The lowest BCUT2D eigenvalue weighted by molar-refractivity contribution is -0.117. The van der Waals surface area contributed by atoms with Crippen molar-refractivity contribution in [1.82, 2.24) is 4.90 Å². The van der Waals surface area contributed by atoms with Gasteiger partial charge in [-0.05, 0) is 33.0 Å². The number of benzene rings is 1. The van der Waals surface area contributed by atoms with E-state index in [0.717, 1.165) is 12.1 Å². The number of carbonyl (C=O) groups is 1. The highest BCUT2D eigenvalue weighted by Crippen LogP contribution is 2.13. The lowest BCUT2D eigenvalue weighted by atomic mass is 10.1. The summed E-state index contributed by atoms with van der Waals surface area (Å²) in [5, 5.41) is 12.1. The van der Waals surface area contributed by atoms with Crippen LogP contribution in [0, 0.1) is 11.6 Å². The lowest BCUT2D eigenvalue weighted by Crippen LogP contribution is -2.40. The van der Waals surface area contributed by atoms with Gasteiger partial charge in [-0.3, -0.25) is 9.69 Å². The van der Waals surface area contributed by atoms with Crippen LogP contribution in [0.3, 0.4) is 0 Å². The van der Waals surface area contributed by atoms with Crippen LogP contribution in [-0.2, 0) is 4.79 Å². The highest BCUT2D eigenvalue weighted by Gasteiger charge is 2.17. The van der Waals surface area contributed by atoms with E-state index < -0.39 is 17.2 Å². The molecule has 0 atom stereocenters. The fraction of sp³-hybridized carbons (Fsp3) is 0.462. The Balaban J connectivity index is 2.53. The first-order valence-electron chi connectivity index (χ1n) is 5.83. The fourth-order valence-corrected chi connectivity index (χ4v) is 1.74. The third kappa shape index (κ3) is 5.76. The molecule has 6 heteroatoms. The van der Waals surface area contributed by atoms with E-state index in [1.54, 1.807) is 25.8 Å². The molecule has 0 saturated heterocycles. The predicted octanol–water partition coefficient (Wildman–Crippen LogP) is 1.61. The first-order chi connectivity index (χ1) is 8.67. The van der Waals surface area contributed by atoms with Gasteiger partial charge < -0.3 is 10.4 Å². The summed E-state index contributed by atoms with van der Waals surface area (Å²) in [6.07, 6.45) is 0. The lowest BCUT2D eigenvalue weighted by Gasteiger charge is -2.24. The van der Waals surface area contributed by atoms with E-state index in [1.807, 2.05) is 0 Å². The van der Waals surface area contributed by atoms with Crippen molar-refractivity contribution in [3.8, 4) is 0 Å². The Morgan fingerprint density at radius 3 is 2.53 bits per heavy atom. The number of likely N-dealkylation sites (N-methyl/N-ethyl adjacent to an activating group) is 1.